The minimum absolute atomic E-state index is 0.274. The van der Waals surface area contributed by atoms with E-state index in [1.807, 2.05) is 6.07 Å². The third-order valence-corrected chi connectivity index (χ3v) is 2.53. The van der Waals surface area contributed by atoms with Gasteiger partial charge in [0.2, 0.25) is 0 Å². The van der Waals surface area contributed by atoms with Gasteiger partial charge in [0.1, 0.15) is 5.82 Å². The standard InChI is InChI=1S/C13H17FN4/c1-10(2)7-15-8-13-9-16-17-18(13)12-5-3-4-11(14)6-12/h3-6,9-10,15H,7-8H2,1-2H3. The third kappa shape index (κ3) is 3.13. The van der Waals surface area contributed by atoms with Crippen molar-refractivity contribution in [2.45, 2.75) is 20.4 Å². The molecule has 0 atom stereocenters. The molecular weight excluding hydrogens is 231 g/mol. The summed E-state index contributed by atoms with van der Waals surface area (Å²) < 4.78 is 14.8. The van der Waals surface area contributed by atoms with Crippen molar-refractivity contribution in [2.75, 3.05) is 6.54 Å². The van der Waals surface area contributed by atoms with E-state index in [0.29, 0.717) is 18.2 Å². The first-order valence-corrected chi connectivity index (χ1v) is 6.03. The van der Waals surface area contributed by atoms with Crippen LogP contribution in [0.5, 0.6) is 0 Å². The lowest BCUT2D eigenvalue weighted by Gasteiger charge is -2.09. The van der Waals surface area contributed by atoms with Gasteiger partial charge in [-0.3, -0.25) is 0 Å². The van der Waals surface area contributed by atoms with Crippen molar-refractivity contribution in [1.82, 2.24) is 20.3 Å². The summed E-state index contributed by atoms with van der Waals surface area (Å²) in [5, 5.41) is 11.2. The van der Waals surface area contributed by atoms with Gasteiger partial charge in [0, 0.05) is 6.54 Å². The largest absolute Gasteiger partial charge is 0.311 e. The van der Waals surface area contributed by atoms with Gasteiger partial charge < -0.3 is 5.32 Å². The van der Waals surface area contributed by atoms with Gasteiger partial charge >= 0.3 is 0 Å². The summed E-state index contributed by atoms with van der Waals surface area (Å²) in [5.74, 6) is 0.313. The quantitative estimate of drug-likeness (QED) is 0.881. The summed E-state index contributed by atoms with van der Waals surface area (Å²) >= 11 is 0. The van der Waals surface area contributed by atoms with Crippen molar-refractivity contribution in [3.05, 3.63) is 42.0 Å². The molecule has 0 bridgehead atoms. The van der Waals surface area contributed by atoms with Crippen LogP contribution in [0.3, 0.4) is 0 Å². The van der Waals surface area contributed by atoms with Gasteiger partial charge in [-0.15, -0.1) is 5.10 Å². The van der Waals surface area contributed by atoms with Gasteiger partial charge in [0.15, 0.2) is 0 Å². The SMILES string of the molecule is CC(C)CNCc1cnnn1-c1cccc(F)c1. The Morgan fingerprint density at radius 3 is 2.94 bits per heavy atom. The summed E-state index contributed by atoms with van der Waals surface area (Å²) in [6.07, 6.45) is 1.69. The molecule has 4 nitrogen and oxygen atoms in total. The van der Waals surface area contributed by atoms with Crippen molar-refractivity contribution >= 4 is 0 Å². The molecule has 0 saturated heterocycles. The molecule has 0 aliphatic carbocycles. The molecule has 0 amide bonds. The zero-order chi connectivity index (χ0) is 13.0. The van der Waals surface area contributed by atoms with Crippen molar-refractivity contribution in [2.24, 2.45) is 5.92 Å². The van der Waals surface area contributed by atoms with Gasteiger partial charge in [-0.05, 0) is 30.7 Å². The van der Waals surface area contributed by atoms with Gasteiger partial charge in [-0.1, -0.05) is 25.1 Å². The fourth-order valence-corrected chi connectivity index (χ4v) is 1.69. The second-order valence-corrected chi connectivity index (χ2v) is 4.64. The highest BCUT2D eigenvalue weighted by atomic mass is 19.1. The van der Waals surface area contributed by atoms with Crippen LogP contribution in [0.2, 0.25) is 0 Å². The Kier molecular flexibility index (Phi) is 4.04. The van der Waals surface area contributed by atoms with E-state index in [0.717, 1.165) is 12.2 Å². The van der Waals surface area contributed by atoms with Crippen LogP contribution in [0.4, 0.5) is 4.39 Å². The Labute approximate surface area is 106 Å². The second-order valence-electron chi connectivity index (χ2n) is 4.64. The third-order valence-electron chi connectivity index (χ3n) is 2.53. The van der Waals surface area contributed by atoms with E-state index in [1.54, 1.807) is 16.9 Å². The van der Waals surface area contributed by atoms with E-state index < -0.39 is 0 Å². The lowest BCUT2D eigenvalue weighted by molar-refractivity contribution is 0.542. The molecule has 1 aromatic heterocycles. The highest BCUT2D eigenvalue weighted by Crippen LogP contribution is 2.10. The lowest BCUT2D eigenvalue weighted by Crippen LogP contribution is -2.20. The lowest BCUT2D eigenvalue weighted by atomic mass is 10.2. The maximum atomic E-state index is 13.2. The van der Waals surface area contributed by atoms with Gasteiger partial charge in [-0.25, -0.2) is 9.07 Å². The zero-order valence-electron chi connectivity index (χ0n) is 10.6. The number of nitrogens with zero attached hydrogens (tertiary/aromatic N) is 3. The van der Waals surface area contributed by atoms with Gasteiger partial charge in [0.25, 0.3) is 0 Å². The molecule has 0 saturated carbocycles. The molecule has 0 aliphatic heterocycles. The summed E-state index contributed by atoms with van der Waals surface area (Å²) in [7, 11) is 0. The summed E-state index contributed by atoms with van der Waals surface area (Å²) in [5.41, 5.74) is 1.61. The van der Waals surface area contributed by atoms with E-state index >= 15 is 0 Å². The van der Waals surface area contributed by atoms with Crippen molar-refractivity contribution < 1.29 is 4.39 Å². The molecule has 2 aromatic rings. The molecule has 5 heteroatoms. The first-order valence-electron chi connectivity index (χ1n) is 6.03. The Bertz CT molecular complexity index is 507. The fourth-order valence-electron chi connectivity index (χ4n) is 1.69. The number of hydrogen-bond acceptors (Lipinski definition) is 3. The van der Waals surface area contributed by atoms with Crippen LogP contribution in [0, 0.1) is 11.7 Å². The Morgan fingerprint density at radius 1 is 1.39 bits per heavy atom. The van der Waals surface area contributed by atoms with Crippen LogP contribution in [-0.2, 0) is 6.54 Å². The molecule has 2 rings (SSSR count). The predicted molar refractivity (Wildman–Crippen MR) is 67.9 cm³/mol. The Hall–Kier alpha value is -1.75. The summed E-state index contributed by atoms with van der Waals surface area (Å²) in [4.78, 5) is 0. The number of benzene rings is 1. The maximum absolute atomic E-state index is 13.2. The van der Waals surface area contributed by atoms with E-state index in [9.17, 15) is 4.39 Å². The van der Waals surface area contributed by atoms with Crippen molar-refractivity contribution in [3.63, 3.8) is 0 Å². The number of hydrogen-bond donors (Lipinski definition) is 1. The number of halogens is 1. The first kappa shape index (κ1) is 12.7. The molecule has 0 fully saturated rings. The van der Waals surface area contributed by atoms with Crippen LogP contribution in [0.15, 0.2) is 30.5 Å². The van der Waals surface area contributed by atoms with Gasteiger partial charge in [-0.2, -0.15) is 0 Å². The van der Waals surface area contributed by atoms with Crippen molar-refractivity contribution in [1.29, 1.82) is 0 Å². The second kappa shape index (κ2) is 5.73. The molecule has 1 heterocycles. The number of nitrogens with one attached hydrogen (secondary N) is 1. The summed E-state index contributed by atoms with van der Waals surface area (Å²) in [6.45, 7) is 5.89. The topological polar surface area (TPSA) is 42.7 Å². The van der Waals surface area contributed by atoms with E-state index in [1.165, 1.54) is 12.1 Å². The molecule has 1 aromatic carbocycles. The normalized spacial score (nSPS) is 11.1. The molecule has 1 N–H and O–H groups in total. The van der Waals surface area contributed by atoms with Crippen LogP contribution < -0.4 is 5.32 Å². The maximum Gasteiger partial charge on any atom is 0.125 e. The van der Waals surface area contributed by atoms with E-state index in [2.05, 4.69) is 29.5 Å². The number of aromatic nitrogens is 3. The molecule has 0 unspecified atom stereocenters. The van der Waals surface area contributed by atoms with E-state index in [-0.39, 0.29) is 5.82 Å². The van der Waals surface area contributed by atoms with Crippen LogP contribution in [0.25, 0.3) is 5.69 Å². The number of rotatable bonds is 5. The Balaban J connectivity index is 2.12. The van der Waals surface area contributed by atoms with Gasteiger partial charge in [0.05, 0.1) is 17.6 Å². The minimum Gasteiger partial charge on any atom is -0.311 e. The Morgan fingerprint density at radius 2 is 2.22 bits per heavy atom. The van der Waals surface area contributed by atoms with Crippen LogP contribution >= 0.6 is 0 Å². The minimum atomic E-state index is -0.274. The summed E-state index contributed by atoms with van der Waals surface area (Å²) in [6, 6.07) is 6.33. The molecule has 18 heavy (non-hydrogen) atoms. The molecule has 0 aliphatic rings. The average Bonchev–Trinajstić information content (AvgIpc) is 2.77. The predicted octanol–water partition coefficient (Wildman–Crippen LogP) is 2.15. The molecule has 0 radical (unpaired) electrons. The monoisotopic (exact) mass is 248 g/mol. The average molecular weight is 248 g/mol. The molecule has 96 valence electrons. The highest BCUT2D eigenvalue weighted by molar-refractivity contribution is 5.32. The zero-order valence-corrected chi connectivity index (χ0v) is 10.6. The van der Waals surface area contributed by atoms with Crippen molar-refractivity contribution in [3.8, 4) is 5.69 Å². The van der Waals surface area contributed by atoms with Crippen LogP contribution in [-0.4, -0.2) is 21.5 Å². The molecule has 0 spiro atoms. The van der Waals surface area contributed by atoms with Crippen LogP contribution in [0.1, 0.15) is 19.5 Å². The molecular formula is C13H17FN4. The smallest absolute Gasteiger partial charge is 0.125 e. The highest BCUT2D eigenvalue weighted by Gasteiger charge is 2.06. The van der Waals surface area contributed by atoms with E-state index in [4.69, 9.17) is 0 Å². The fraction of sp³-hybridized carbons (Fsp3) is 0.385. The first-order chi connectivity index (χ1) is 8.66.